The van der Waals surface area contributed by atoms with Crippen LogP contribution in [0.2, 0.25) is 51.4 Å². The fraction of sp³-hybridized carbons (Fsp3) is 0.667. The molecule has 0 amide bonds. The van der Waals surface area contributed by atoms with E-state index in [0.717, 1.165) is 41.2 Å². The van der Waals surface area contributed by atoms with Crippen molar-refractivity contribution >= 4 is 43.4 Å². The lowest BCUT2D eigenvalue weighted by molar-refractivity contribution is 0.0948. The van der Waals surface area contributed by atoms with Gasteiger partial charge in [0.1, 0.15) is 29.9 Å². The van der Waals surface area contributed by atoms with Crippen LogP contribution in [0.1, 0.15) is 0 Å². The fourth-order valence-electron chi connectivity index (χ4n) is 2.40. The predicted octanol–water partition coefficient (Wildman–Crippen LogP) is 4.92. The molecule has 2 aromatic rings. The van der Waals surface area contributed by atoms with E-state index in [4.69, 9.17) is 9.47 Å². The number of hydrogen-bond donors (Lipinski definition) is 0. The molecular weight excluding hydrogens is 440 g/mol. The number of hydrogen-bond acceptors (Lipinski definition) is 5. The van der Waals surface area contributed by atoms with Gasteiger partial charge in [-0.1, -0.05) is 39.3 Å². The molecule has 0 spiro atoms. The Morgan fingerprint density at radius 1 is 0.963 bits per heavy atom. The second kappa shape index (κ2) is 9.64. The van der Waals surface area contributed by atoms with Gasteiger partial charge in [-0.25, -0.2) is 9.50 Å². The van der Waals surface area contributed by atoms with Gasteiger partial charge in [0.15, 0.2) is 5.82 Å². The minimum absolute atomic E-state index is 0.465. The Hall–Kier alpha value is -0.746. The van der Waals surface area contributed by atoms with Crippen LogP contribution in [0.25, 0.3) is 5.52 Å². The van der Waals surface area contributed by atoms with Crippen molar-refractivity contribution in [3.8, 4) is 0 Å². The van der Waals surface area contributed by atoms with E-state index in [1.54, 1.807) is 6.33 Å². The Bertz CT molecular complexity index is 706. The summed E-state index contributed by atoms with van der Waals surface area (Å²) < 4.78 is 14.7. The van der Waals surface area contributed by atoms with Gasteiger partial charge in [-0.15, -0.1) is 0 Å². The van der Waals surface area contributed by atoms with Crippen LogP contribution in [-0.2, 0) is 9.47 Å². The highest BCUT2D eigenvalue weighted by molar-refractivity contribution is 9.10. The van der Waals surface area contributed by atoms with Gasteiger partial charge in [0.05, 0.1) is 0 Å². The van der Waals surface area contributed by atoms with Crippen LogP contribution in [0, 0.1) is 0 Å². The first-order valence-corrected chi connectivity index (χ1v) is 17.7. The van der Waals surface area contributed by atoms with Crippen molar-refractivity contribution in [1.29, 1.82) is 0 Å². The molecule has 9 heteroatoms. The van der Waals surface area contributed by atoms with E-state index in [2.05, 4.69) is 70.2 Å². The molecule has 2 heterocycles. The largest absolute Gasteiger partial charge is 0.361 e. The fourth-order valence-corrected chi connectivity index (χ4v) is 4.33. The van der Waals surface area contributed by atoms with Crippen molar-refractivity contribution in [2.75, 3.05) is 31.6 Å². The van der Waals surface area contributed by atoms with Crippen molar-refractivity contribution < 1.29 is 9.47 Å². The van der Waals surface area contributed by atoms with Crippen molar-refractivity contribution in [3.63, 3.8) is 0 Å². The lowest BCUT2D eigenvalue weighted by Gasteiger charge is -2.25. The van der Waals surface area contributed by atoms with Gasteiger partial charge in [-0.05, 0) is 40.2 Å². The average Bonchev–Trinajstić information content (AvgIpc) is 2.93. The first-order chi connectivity index (χ1) is 12.6. The van der Waals surface area contributed by atoms with Crippen molar-refractivity contribution in [3.05, 3.63) is 23.1 Å². The summed E-state index contributed by atoms with van der Waals surface area (Å²) in [6.07, 6.45) is 1.57. The topological polar surface area (TPSA) is 51.9 Å². The van der Waals surface area contributed by atoms with Crippen molar-refractivity contribution in [2.45, 2.75) is 51.4 Å². The first kappa shape index (κ1) is 22.5. The van der Waals surface area contributed by atoms with E-state index in [9.17, 15) is 0 Å². The molecule has 0 atom stereocenters. The van der Waals surface area contributed by atoms with Crippen LogP contribution < -0.4 is 4.90 Å². The van der Waals surface area contributed by atoms with Crippen LogP contribution >= 0.6 is 15.9 Å². The van der Waals surface area contributed by atoms with Gasteiger partial charge in [0, 0.05) is 29.4 Å². The van der Waals surface area contributed by atoms with Gasteiger partial charge in [0.2, 0.25) is 0 Å². The first-order valence-electron chi connectivity index (χ1n) is 9.45. The molecule has 6 nitrogen and oxygen atoms in total. The van der Waals surface area contributed by atoms with Gasteiger partial charge < -0.3 is 14.4 Å². The summed E-state index contributed by atoms with van der Waals surface area (Å²) in [5, 5.41) is 4.30. The lowest BCUT2D eigenvalue weighted by atomic mass is 10.4. The molecule has 0 aliphatic carbocycles. The van der Waals surface area contributed by atoms with Gasteiger partial charge >= 0.3 is 0 Å². The molecule has 0 radical (unpaired) electrons. The summed E-state index contributed by atoms with van der Waals surface area (Å²) in [6.45, 7) is 16.6. The molecule has 0 aromatic carbocycles. The zero-order valence-electron chi connectivity index (χ0n) is 17.5. The molecule has 27 heavy (non-hydrogen) atoms. The van der Waals surface area contributed by atoms with E-state index in [1.807, 2.05) is 16.6 Å². The minimum Gasteiger partial charge on any atom is -0.361 e. The number of aromatic nitrogens is 3. The van der Waals surface area contributed by atoms with E-state index in [-0.39, 0.29) is 0 Å². The molecule has 0 bridgehead atoms. The van der Waals surface area contributed by atoms with E-state index < -0.39 is 16.1 Å². The smallest absolute Gasteiger partial charge is 0.160 e. The highest BCUT2D eigenvalue weighted by Crippen LogP contribution is 2.23. The maximum Gasteiger partial charge on any atom is 0.160 e. The second-order valence-corrected chi connectivity index (χ2v) is 21.3. The molecule has 2 aromatic heterocycles. The van der Waals surface area contributed by atoms with Gasteiger partial charge in [-0.3, -0.25) is 0 Å². The number of rotatable bonds is 11. The summed E-state index contributed by atoms with van der Waals surface area (Å²) in [4.78, 5) is 6.56. The SMILES string of the molecule is C[Si](C)(C)CCOCN(COCC[Si](C)(C)C)c1ncnn2c(Br)ccc12. The van der Waals surface area contributed by atoms with Crippen molar-refractivity contribution in [2.24, 2.45) is 0 Å². The van der Waals surface area contributed by atoms with E-state index in [1.165, 1.54) is 0 Å². The standard InChI is InChI=1S/C18H33BrN4O2Si2/c1-26(2,3)11-9-24-14-22(15-25-10-12-27(4,5)6)18-16-7-8-17(19)23(16)21-13-20-18/h7-8,13H,9-12,14-15H2,1-6H3. The Morgan fingerprint density at radius 3 is 2.04 bits per heavy atom. The molecule has 0 aliphatic rings. The molecule has 0 saturated carbocycles. The summed E-state index contributed by atoms with van der Waals surface area (Å²) >= 11 is 3.52. The highest BCUT2D eigenvalue weighted by atomic mass is 79.9. The third kappa shape index (κ3) is 7.65. The predicted molar refractivity (Wildman–Crippen MR) is 121 cm³/mol. The number of fused-ring (bicyclic) bond motifs is 1. The molecule has 0 saturated heterocycles. The third-order valence-electron chi connectivity index (χ3n) is 4.17. The van der Waals surface area contributed by atoms with E-state index in [0.29, 0.717) is 13.5 Å². The summed E-state index contributed by atoms with van der Waals surface area (Å²) in [5.74, 6) is 0.830. The normalized spacial score (nSPS) is 12.7. The molecule has 2 rings (SSSR count). The Morgan fingerprint density at radius 2 is 1.52 bits per heavy atom. The van der Waals surface area contributed by atoms with Gasteiger partial charge in [-0.2, -0.15) is 5.10 Å². The lowest BCUT2D eigenvalue weighted by Crippen LogP contribution is -2.32. The Labute approximate surface area is 173 Å². The van der Waals surface area contributed by atoms with Crippen LogP contribution in [0.4, 0.5) is 5.82 Å². The zero-order chi connectivity index (χ0) is 20.1. The molecule has 0 aliphatic heterocycles. The number of ether oxygens (including phenoxy) is 2. The van der Waals surface area contributed by atoms with Gasteiger partial charge in [0.25, 0.3) is 0 Å². The minimum atomic E-state index is -1.11. The maximum atomic E-state index is 5.99. The number of halogens is 1. The zero-order valence-corrected chi connectivity index (χ0v) is 21.0. The summed E-state index contributed by atoms with van der Waals surface area (Å²) in [7, 11) is -2.21. The quantitative estimate of drug-likeness (QED) is 0.263. The number of nitrogens with zero attached hydrogens (tertiary/aromatic N) is 4. The van der Waals surface area contributed by atoms with Crippen molar-refractivity contribution in [1.82, 2.24) is 14.6 Å². The molecular formula is C18H33BrN4O2Si2. The summed E-state index contributed by atoms with van der Waals surface area (Å²) in [6, 6.07) is 6.28. The van der Waals surface area contributed by atoms with Crippen LogP contribution in [0.3, 0.4) is 0 Å². The Balaban J connectivity index is 2.06. The maximum absolute atomic E-state index is 5.99. The number of anilines is 1. The molecule has 152 valence electrons. The Kier molecular flexibility index (Phi) is 8.05. The third-order valence-corrected chi connectivity index (χ3v) is 8.18. The molecule has 0 fully saturated rings. The highest BCUT2D eigenvalue weighted by Gasteiger charge is 2.17. The van der Waals surface area contributed by atoms with Crippen LogP contribution in [0.15, 0.2) is 23.1 Å². The average molecular weight is 474 g/mol. The van der Waals surface area contributed by atoms with Crippen LogP contribution in [-0.4, -0.2) is 57.4 Å². The van der Waals surface area contributed by atoms with Crippen LogP contribution in [0.5, 0.6) is 0 Å². The monoisotopic (exact) mass is 472 g/mol. The summed E-state index contributed by atoms with van der Waals surface area (Å²) in [5.41, 5.74) is 0.937. The molecule has 0 unspecified atom stereocenters. The molecule has 0 N–H and O–H groups in total. The van der Waals surface area contributed by atoms with E-state index >= 15 is 0 Å². The second-order valence-electron chi connectivity index (χ2n) is 9.27.